The van der Waals surface area contributed by atoms with Gasteiger partial charge in [0.25, 0.3) is 10.0 Å². The molecule has 7 nitrogen and oxygen atoms in total. The summed E-state index contributed by atoms with van der Waals surface area (Å²) >= 11 is 18.8. The second-order valence-electron chi connectivity index (χ2n) is 10.6. The molecule has 0 radical (unpaired) electrons. The number of carbonyl (C=O) groups excluding carboxylic acids is 2. The molecule has 0 fully saturated rings. The van der Waals surface area contributed by atoms with Crippen molar-refractivity contribution >= 4 is 62.3 Å². The summed E-state index contributed by atoms with van der Waals surface area (Å²) in [7, 11) is -4.22. The van der Waals surface area contributed by atoms with E-state index in [0.717, 1.165) is 9.87 Å². The Bertz CT molecular complexity index is 1720. The standard InChI is InChI=1S/C34H34Cl3N3O4S/c1-3-24(2)38-34(42)32(20-25-11-6-4-7-12-25)39(22-26-17-18-30(36)31(37)19-26)33(41)23-40(28-14-10-13-27(35)21-28)45(43,44)29-15-8-5-9-16-29/h4-19,21,24,32H,3,20,22-23H2,1-2H3,(H,38,42)/t24-,32-/m1/s1. The molecule has 4 aromatic rings. The number of benzene rings is 4. The highest BCUT2D eigenvalue weighted by molar-refractivity contribution is 7.92. The van der Waals surface area contributed by atoms with E-state index in [-0.39, 0.29) is 40.5 Å². The number of nitrogens with one attached hydrogen (secondary N) is 1. The van der Waals surface area contributed by atoms with E-state index in [1.807, 2.05) is 44.2 Å². The number of halogens is 3. The second-order valence-corrected chi connectivity index (χ2v) is 13.7. The minimum Gasteiger partial charge on any atom is -0.352 e. The van der Waals surface area contributed by atoms with Gasteiger partial charge in [0.15, 0.2) is 0 Å². The maximum absolute atomic E-state index is 14.5. The number of hydrogen-bond acceptors (Lipinski definition) is 4. The highest BCUT2D eigenvalue weighted by Gasteiger charge is 2.35. The van der Waals surface area contributed by atoms with Crippen LogP contribution in [0.3, 0.4) is 0 Å². The molecule has 0 unspecified atom stereocenters. The summed E-state index contributed by atoms with van der Waals surface area (Å²) in [5.74, 6) is -0.956. The zero-order valence-electron chi connectivity index (χ0n) is 24.9. The Balaban J connectivity index is 1.82. The van der Waals surface area contributed by atoms with Crippen LogP contribution >= 0.6 is 34.8 Å². The van der Waals surface area contributed by atoms with Crippen LogP contribution in [0, 0.1) is 0 Å². The molecule has 0 saturated carbocycles. The van der Waals surface area contributed by atoms with E-state index < -0.39 is 28.5 Å². The van der Waals surface area contributed by atoms with Gasteiger partial charge >= 0.3 is 0 Å². The summed E-state index contributed by atoms with van der Waals surface area (Å²) in [6.07, 6.45) is 0.876. The van der Waals surface area contributed by atoms with E-state index in [4.69, 9.17) is 34.8 Å². The van der Waals surface area contributed by atoms with Gasteiger partial charge in [0.05, 0.1) is 20.6 Å². The van der Waals surface area contributed by atoms with Crippen molar-refractivity contribution in [1.82, 2.24) is 10.2 Å². The van der Waals surface area contributed by atoms with E-state index in [2.05, 4.69) is 5.32 Å². The molecule has 0 aliphatic heterocycles. The Hall–Kier alpha value is -3.56. The minimum absolute atomic E-state index is 0.00385. The third kappa shape index (κ3) is 9.01. The second kappa shape index (κ2) is 15.6. The van der Waals surface area contributed by atoms with Crippen LogP contribution in [0.1, 0.15) is 31.4 Å². The molecule has 4 aromatic carbocycles. The van der Waals surface area contributed by atoms with Gasteiger partial charge in [-0.3, -0.25) is 13.9 Å². The smallest absolute Gasteiger partial charge is 0.264 e. The summed E-state index contributed by atoms with van der Waals surface area (Å²) in [5.41, 5.74) is 1.66. The number of carbonyl (C=O) groups is 2. The molecule has 11 heteroatoms. The monoisotopic (exact) mass is 685 g/mol. The number of nitrogens with zero attached hydrogens (tertiary/aromatic N) is 2. The van der Waals surface area contributed by atoms with E-state index in [1.54, 1.807) is 54.6 Å². The average Bonchev–Trinajstić information content (AvgIpc) is 3.03. The largest absolute Gasteiger partial charge is 0.352 e. The molecule has 1 N–H and O–H groups in total. The van der Waals surface area contributed by atoms with Gasteiger partial charge in [0.2, 0.25) is 11.8 Å². The third-order valence-electron chi connectivity index (χ3n) is 7.32. The van der Waals surface area contributed by atoms with Crippen LogP contribution in [0.5, 0.6) is 0 Å². The summed E-state index contributed by atoms with van der Waals surface area (Å²) in [4.78, 5) is 29.8. The fourth-order valence-electron chi connectivity index (χ4n) is 4.71. The topological polar surface area (TPSA) is 86.8 Å². The molecule has 0 aliphatic rings. The van der Waals surface area contributed by atoms with Crippen LogP contribution in [0.4, 0.5) is 5.69 Å². The van der Waals surface area contributed by atoms with Crippen LogP contribution in [0.25, 0.3) is 0 Å². The van der Waals surface area contributed by atoms with Crippen molar-refractivity contribution in [2.45, 2.75) is 50.2 Å². The van der Waals surface area contributed by atoms with E-state index in [1.165, 1.54) is 23.1 Å². The number of rotatable bonds is 13. The Morgan fingerprint density at radius 3 is 2.09 bits per heavy atom. The van der Waals surface area contributed by atoms with E-state index >= 15 is 0 Å². The van der Waals surface area contributed by atoms with Crippen LogP contribution < -0.4 is 9.62 Å². The van der Waals surface area contributed by atoms with Crippen LogP contribution in [-0.4, -0.2) is 43.8 Å². The number of amides is 2. The fourth-order valence-corrected chi connectivity index (χ4v) is 6.64. The first-order valence-electron chi connectivity index (χ1n) is 14.4. The van der Waals surface area contributed by atoms with Crippen molar-refractivity contribution in [2.75, 3.05) is 10.8 Å². The van der Waals surface area contributed by atoms with Crippen molar-refractivity contribution in [3.05, 3.63) is 129 Å². The van der Waals surface area contributed by atoms with Gasteiger partial charge in [-0.15, -0.1) is 0 Å². The maximum atomic E-state index is 14.5. The number of hydrogen-bond donors (Lipinski definition) is 1. The van der Waals surface area contributed by atoms with Gasteiger partial charge in [0, 0.05) is 24.0 Å². The van der Waals surface area contributed by atoms with Crippen molar-refractivity contribution in [2.24, 2.45) is 0 Å². The van der Waals surface area contributed by atoms with Gasteiger partial charge in [-0.2, -0.15) is 0 Å². The first-order chi connectivity index (χ1) is 21.5. The highest BCUT2D eigenvalue weighted by atomic mass is 35.5. The molecule has 4 rings (SSSR count). The highest BCUT2D eigenvalue weighted by Crippen LogP contribution is 2.28. The Morgan fingerprint density at radius 2 is 1.47 bits per heavy atom. The lowest BCUT2D eigenvalue weighted by Gasteiger charge is -2.34. The molecule has 45 heavy (non-hydrogen) atoms. The van der Waals surface area contributed by atoms with E-state index in [9.17, 15) is 18.0 Å². The Morgan fingerprint density at radius 1 is 0.800 bits per heavy atom. The van der Waals surface area contributed by atoms with Crippen LogP contribution in [0.15, 0.2) is 108 Å². The number of sulfonamides is 1. The zero-order valence-corrected chi connectivity index (χ0v) is 28.0. The van der Waals surface area contributed by atoms with Gasteiger partial charge in [0.1, 0.15) is 12.6 Å². The SMILES string of the molecule is CC[C@@H](C)NC(=O)[C@@H](Cc1ccccc1)N(Cc1ccc(Cl)c(Cl)c1)C(=O)CN(c1cccc(Cl)c1)S(=O)(=O)c1ccccc1. The summed E-state index contributed by atoms with van der Waals surface area (Å²) < 4.78 is 29.1. The normalized spacial score (nSPS) is 12.6. The maximum Gasteiger partial charge on any atom is 0.264 e. The summed E-state index contributed by atoms with van der Waals surface area (Å²) in [6.45, 7) is 3.21. The number of anilines is 1. The van der Waals surface area contributed by atoms with Crippen molar-refractivity contribution in [3.63, 3.8) is 0 Å². The third-order valence-corrected chi connectivity index (χ3v) is 10.1. The van der Waals surface area contributed by atoms with Crippen LogP contribution in [0.2, 0.25) is 15.1 Å². The average molecular weight is 687 g/mol. The Kier molecular flexibility index (Phi) is 11.9. The predicted octanol–water partition coefficient (Wildman–Crippen LogP) is 7.40. The predicted molar refractivity (Wildman–Crippen MR) is 181 cm³/mol. The van der Waals surface area contributed by atoms with Crippen LogP contribution in [-0.2, 0) is 32.6 Å². The molecule has 2 atom stereocenters. The molecule has 0 spiro atoms. The lowest BCUT2D eigenvalue weighted by atomic mass is 10.0. The van der Waals surface area contributed by atoms with Gasteiger partial charge in [-0.1, -0.05) is 102 Å². The molecule has 2 amide bonds. The van der Waals surface area contributed by atoms with Gasteiger partial charge < -0.3 is 10.2 Å². The lowest BCUT2D eigenvalue weighted by molar-refractivity contribution is -0.140. The zero-order chi connectivity index (χ0) is 32.6. The molecular weight excluding hydrogens is 653 g/mol. The first kappa shape index (κ1) is 34.3. The van der Waals surface area contributed by atoms with Gasteiger partial charge in [-0.25, -0.2) is 8.42 Å². The molecule has 0 aliphatic carbocycles. The molecule has 0 saturated heterocycles. The fraction of sp³-hybridized carbons (Fsp3) is 0.235. The molecule has 236 valence electrons. The lowest BCUT2D eigenvalue weighted by Crippen LogP contribution is -2.54. The minimum atomic E-state index is -4.22. The molecule has 0 aromatic heterocycles. The first-order valence-corrected chi connectivity index (χ1v) is 17.0. The van der Waals surface area contributed by atoms with E-state index in [0.29, 0.717) is 22.0 Å². The molecule has 0 heterocycles. The quantitative estimate of drug-likeness (QED) is 0.159. The van der Waals surface area contributed by atoms with Gasteiger partial charge in [-0.05, 0) is 66.9 Å². The molecule has 0 bridgehead atoms. The molecular formula is C34H34Cl3N3O4S. The van der Waals surface area contributed by atoms with Crippen molar-refractivity contribution in [1.29, 1.82) is 0 Å². The van der Waals surface area contributed by atoms with Crippen molar-refractivity contribution < 1.29 is 18.0 Å². The summed E-state index contributed by atoms with van der Waals surface area (Å²) in [6, 6.07) is 27.3. The van der Waals surface area contributed by atoms with Crippen molar-refractivity contribution in [3.8, 4) is 0 Å². The summed E-state index contributed by atoms with van der Waals surface area (Å²) in [5, 5.41) is 3.94. The Labute approximate surface area is 279 Å².